The van der Waals surface area contributed by atoms with Gasteiger partial charge in [-0.25, -0.2) is 4.79 Å². The van der Waals surface area contributed by atoms with Crippen molar-refractivity contribution in [1.29, 1.82) is 0 Å². The van der Waals surface area contributed by atoms with E-state index in [0.29, 0.717) is 26.0 Å². The molecule has 0 aromatic heterocycles. The van der Waals surface area contributed by atoms with Crippen molar-refractivity contribution in [3.05, 3.63) is 29.8 Å². The number of rotatable bonds is 8. The summed E-state index contributed by atoms with van der Waals surface area (Å²) >= 11 is 0. The van der Waals surface area contributed by atoms with E-state index in [-0.39, 0.29) is 36.8 Å². The van der Waals surface area contributed by atoms with Crippen LogP contribution in [0.25, 0.3) is 0 Å². The Hall–Kier alpha value is -2.33. The van der Waals surface area contributed by atoms with E-state index in [9.17, 15) is 22.8 Å². The minimum absolute atomic E-state index is 0.00605. The predicted molar refractivity (Wildman–Crippen MR) is 107 cm³/mol. The van der Waals surface area contributed by atoms with Crippen LogP contribution in [0.1, 0.15) is 37.7 Å². The molecular weight excluding hydrogens is 417 g/mol. The topological polar surface area (TPSA) is 79.3 Å². The van der Waals surface area contributed by atoms with E-state index in [0.717, 1.165) is 37.1 Å². The standard InChI is InChI=1S/C21H29F3N2O5/c1-25(12-13-27)19(28)11-14-30-17-9-5-16(6-10-17)26(2)20(29)31-18-7-3-15(4-8-18)21(22,23)24/h3-4,7-8,16-17,27H,5-6,9-14H2,1-2H3. The second kappa shape index (κ2) is 11.3. The van der Waals surface area contributed by atoms with E-state index >= 15 is 0 Å². The third kappa shape index (κ3) is 7.70. The lowest BCUT2D eigenvalue weighted by atomic mass is 9.92. The number of carbonyl (C=O) groups is 2. The van der Waals surface area contributed by atoms with Gasteiger partial charge in [0.1, 0.15) is 5.75 Å². The largest absolute Gasteiger partial charge is 0.416 e. The molecule has 0 radical (unpaired) electrons. The molecule has 1 aromatic carbocycles. The van der Waals surface area contributed by atoms with Crippen LogP contribution in [0.3, 0.4) is 0 Å². The lowest BCUT2D eigenvalue weighted by Gasteiger charge is -2.34. The van der Waals surface area contributed by atoms with Crippen LogP contribution in [0.15, 0.2) is 24.3 Å². The summed E-state index contributed by atoms with van der Waals surface area (Å²) in [5.74, 6) is -0.0359. The molecule has 0 saturated heterocycles. The summed E-state index contributed by atoms with van der Waals surface area (Å²) in [5.41, 5.74) is -0.805. The second-order valence-electron chi connectivity index (χ2n) is 7.59. The molecule has 1 aromatic rings. The van der Waals surface area contributed by atoms with Crippen molar-refractivity contribution >= 4 is 12.0 Å². The normalized spacial score (nSPS) is 19.0. The summed E-state index contributed by atoms with van der Waals surface area (Å²) in [6.07, 6.45) is -1.97. The lowest BCUT2D eigenvalue weighted by molar-refractivity contribution is -0.137. The van der Waals surface area contributed by atoms with Crippen LogP contribution < -0.4 is 4.74 Å². The Kier molecular flexibility index (Phi) is 9.12. The molecule has 2 rings (SSSR count). The number of aliphatic hydroxyl groups excluding tert-OH is 1. The number of alkyl halides is 3. The number of halogens is 3. The molecule has 1 aliphatic rings. The maximum absolute atomic E-state index is 12.6. The Morgan fingerprint density at radius 1 is 1.10 bits per heavy atom. The summed E-state index contributed by atoms with van der Waals surface area (Å²) in [4.78, 5) is 27.1. The Morgan fingerprint density at radius 3 is 2.26 bits per heavy atom. The zero-order valence-corrected chi connectivity index (χ0v) is 17.7. The van der Waals surface area contributed by atoms with Crippen molar-refractivity contribution in [2.24, 2.45) is 0 Å². The van der Waals surface area contributed by atoms with Crippen LogP contribution >= 0.6 is 0 Å². The quantitative estimate of drug-likeness (QED) is 0.663. The number of ether oxygens (including phenoxy) is 2. The molecule has 10 heteroatoms. The van der Waals surface area contributed by atoms with Gasteiger partial charge in [-0.2, -0.15) is 13.2 Å². The first-order chi connectivity index (χ1) is 14.6. The first-order valence-electron chi connectivity index (χ1n) is 10.2. The maximum atomic E-state index is 12.6. The van der Waals surface area contributed by atoms with Crippen LogP contribution in [0.2, 0.25) is 0 Å². The van der Waals surface area contributed by atoms with E-state index in [4.69, 9.17) is 14.6 Å². The molecular formula is C21H29F3N2O5. The fourth-order valence-electron chi connectivity index (χ4n) is 3.41. The molecule has 2 amide bonds. The van der Waals surface area contributed by atoms with Gasteiger partial charge in [0.2, 0.25) is 5.91 Å². The highest BCUT2D eigenvalue weighted by molar-refractivity contribution is 5.75. The van der Waals surface area contributed by atoms with Gasteiger partial charge in [-0.1, -0.05) is 0 Å². The van der Waals surface area contributed by atoms with Crippen molar-refractivity contribution < 1.29 is 37.3 Å². The lowest BCUT2D eigenvalue weighted by Crippen LogP contribution is -2.42. The summed E-state index contributed by atoms with van der Waals surface area (Å²) in [7, 11) is 3.23. The summed E-state index contributed by atoms with van der Waals surface area (Å²) in [5, 5.41) is 8.84. The molecule has 0 spiro atoms. The number of carbonyl (C=O) groups excluding carboxylic acids is 2. The van der Waals surface area contributed by atoms with E-state index < -0.39 is 17.8 Å². The van der Waals surface area contributed by atoms with Crippen LogP contribution in [0.5, 0.6) is 5.75 Å². The number of hydrogen-bond donors (Lipinski definition) is 1. The molecule has 0 bridgehead atoms. The highest BCUT2D eigenvalue weighted by atomic mass is 19.4. The molecule has 31 heavy (non-hydrogen) atoms. The van der Waals surface area contributed by atoms with Crippen molar-refractivity contribution in [2.75, 3.05) is 33.9 Å². The molecule has 7 nitrogen and oxygen atoms in total. The van der Waals surface area contributed by atoms with Gasteiger partial charge in [0.25, 0.3) is 0 Å². The Balaban J connectivity index is 1.73. The number of nitrogens with zero attached hydrogens (tertiary/aromatic N) is 2. The van der Waals surface area contributed by atoms with Crippen molar-refractivity contribution in [2.45, 2.75) is 50.4 Å². The third-order valence-electron chi connectivity index (χ3n) is 5.40. The molecule has 1 N–H and O–H groups in total. The van der Waals surface area contributed by atoms with Gasteiger partial charge in [-0.15, -0.1) is 0 Å². The van der Waals surface area contributed by atoms with Crippen molar-refractivity contribution in [3.63, 3.8) is 0 Å². The third-order valence-corrected chi connectivity index (χ3v) is 5.40. The first-order valence-corrected chi connectivity index (χ1v) is 10.2. The van der Waals surface area contributed by atoms with Gasteiger partial charge < -0.3 is 24.4 Å². The number of aliphatic hydroxyl groups is 1. The predicted octanol–water partition coefficient (Wildman–Crippen LogP) is 3.30. The van der Waals surface area contributed by atoms with Gasteiger partial charge in [0.05, 0.1) is 31.3 Å². The van der Waals surface area contributed by atoms with E-state index in [1.807, 2.05) is 0 Å². The zero-order valence-electron chi connectivity index (χ0n) is 17.7. The maximum Gasteiger partial charge on any atom is 0.416 e. The van der Waals surface area contributed by atoms with E-state index in [1.165, 1.54) is 9.80 Å². The number of amides is 2. The first kappa shape index (κ1) is 24.9. The van der Waals surface area contributed by atoms with Crippen molar-refractivity contribution in [3.8, 4) is 5.75 Å². The minimum atomic E-state index is -4.44. The van der Waals surface area contributed by atoms with Crippen LogP contribution in [-0.4, -0.2) is 72.9 Å². The molecule has 1 fully saturated rings. The average molecular weight is 446 g/mol. The van der Waals surface area contributed by atoms with Crippen LogP contribution in [0, 0.1) is 0 Å². The van der Waals surface area contributed by atoms with Gasteiger partial charge >= 0.3 is 12.3 Å². The number of benzene rings is 1. The van der Waals surface area contributed by atoms with Gasteiger partial charge in [0.15, 0.2) is 0 Å². The molecule has 0 aliphatic heterocycles. The van der Waals surface area contributed by atoms with Gasteiger partial charge in [0, 0.05) is 26.7 Å². The number of hydrogen-bond acceptors (Lipinski definition) is 5. The molecule has 1 aliphatic carbocycles. The highest BCUT2D eigenvalue weighted by Gasteiger charge is 2.31. The average Bonchev–Trinajstić information content (AvgIpc) is 2.73. The van der Waals surface area contributed by atoms with E-state index in [1.54, 1.807) is 14.1 Å². The molecule has 1 saturated carbocycles. The number of likely N-dealkylation sites (N-methyl/N-ethyl adjacent to an activating group) is 1. The van der Waals surface area contributed by atoms with Crippen LogP contribution in [-0.2, 0) is 15.7 Å². The monoisotopic (exact) mass is 446 g/mol. The van der Waals surface area contributed by atoms with Gasteiger partial charge in [-0.3, -0.25) is 4.79 Å². The van der Waals surface area contributed by atoms with Gasteiger partial charge in [-0.05, 0) is 49.9 Å². The fraction of sp³-hybridized carbons (Fsp3) is 0.619. The summed E-state index contributed by atoms with van der Waals surface area (Å²) in [6.45, 7) is 0.510. The fourth-order valence-corrected chi connectivity index (χ4v) is 3.41. The minimum Gasteiger partial charge on any atom is -0.410 e. The van der Waals surface area contributed by atoms with E-state index in [2.05, 4.69) is 0 Å². The Morgan fingerprint density at radius 2 is 1.71 bits per heavy atom. The SMILES string of the molecule is CN(CCO)C(=O)CCOC1CCC(N(C)C(=O)Oc2ccc(C(F)(F)F)cc2)CC1. The molecule has 174 valence electrons. The molecule has 0 unspecified atom stereocenters. The summed E-state index contributed by atoms with van der Waals surface area (Å²) < 4.78 is 48.8. The second-order valence-corrected chi connectivity index (χ2v) is 7.59. The smallest absolute Gasteiger partial charge is 0.410 e. The zero-order chi connectivity index (χ0) is 23.0. The van der Waals surface area contributed by atoms with Crippen molar-refractivity contribution in [1.82, 2.24) is 9.80 Å². The Labute approximate surface area is 179 Å². The Bertz CT molecular complexity index is 719. The van der Waals surface area contributed by atoms with Crippen LogP contribution in [0.4, 0.5) is 18.0 Å². The summed E-state index contributed by atoms with van der Waals surface area (Å²) in [6, 6.07) is 3.94. The highest BCUT2D eigenvalue weighted by Crippen LogP contribution is 2.30. The molecule has 0 atom stereocenters. The molecule has 0 heterocycles.